The van der Waals surface area contributed by atoms with Crippen LogP contribution in [0, 0.1) is 0 Å². The molecule has 0 N–H and O–H groups in total. The lowest BCUT2D eigenvalue weighted by molar-refractivity contribution is 0.104. The number of hydrogen-bond donors (Lipinski definition) is 0. The van der Waals surface area contributed by atoms with Gasteiger partial charge in [0, 0.05) is 18.2 Å². The van der Waals surface area contributed by atoms with Crippen LogP contribution < -0.4 is 0 Å². The SMILES string of the molecule is CCCC(CC)N(C)CC/C=C/C(=O)c1ccccc1. The van der Waals surface area contributed by atoms with Crippen LogP contribution in [0.15, 0.2) is 42.5 Å². The zero-order chi connectivity index (χ0) is 14.8. The van der Waals surface area contributed by atoms with Crippen LogP contribution >= 0.6 is 0 Å². The Morgan fingerprint density at radius 1 is 1.25 bits per heavy atom. The number of nitrogens with zero attached hydrogens (tertiary/aromatic N) is 1. The van der Waals surface area contributed by atoms with Crippen LogP contribution in [0.3, 0.4) is 0 Å². The molecule has 0 aromatic heterocycles. The average Bonchev–Trinajstić information content (AvgIpc) is 2.49. The summed E-state index contributed by atoms with van der Waals surface area (Å²) in [5.74, 6) is 0.0915. The van der Waals surface area contributed by atoms with Crippen LogP contribution in [0.25, 0.3) is 0 Å². The van der Waals surface area contributed by atoms with Crippen LogP contribution in [-0.4, -0.2) is 30.3 Å². The Bertz CT molecular complexity index is 411. The molecule has 1 aromatic carbocycles. The molecule has 0 aliphatic carbocycles. The highest BCUT2D eigenvalue weighted by Crippen LogP contribution is 2.09. The molecule has 0 aliphatic rings. The van der Waals surface area contributed by atoms with E-state index in [9.17, 15) is 4.79 Å². The molecule has 0 saturated heterocycles. The molecule has 0 bridgehead atoms. The van der Waals surface area contributed by atoms with Gasteiger partial charge in [0.05, 0.1) is 0 Å². The third kappa shape index (κ3) is 5.70. The van der Waals surface area contributed by atoms with E-state index >= 15 is 0 Å². The molecule has 110 valence electrons. The van der Waals surface area contributed by atoms with Crippen molar-refractivity contribution in [3.05, 3.63) is 48.0 Å². The minimum absolute atomic E-state index is 0.0915. The first-order valence-electron chi connectivity index (χ1n) is 7.65. The molecule has 0 radical (unpaired) electrons. The fourth-order valence-electron chi connectivity index (χ4n) is 2.42. The number of allylic oxidation sites excluding steroid dienone is 1. The third-order valence-electron chi connectivity index (χ3n) is 3.69. The van der Waals surface area contributed by atoms with E-state index in [-0.39, 0.29) is 5.78 Å². The van der Waals surface area contributed by atoms with Crippen LogP contribution in [0.4, 0.5) is 0 Å². The van der Waals surface area contributed by atoms with Gasteiger partial charge in [0.25, 0.3) is 0 Å². The summed E-state index contributed by atoms with van der Waals surface area (Å²) in [7, 11) is 2.18. The molecule has 1 rings (SSSR count). The summed E-state index contributed by atoms with van der Waals surface area (Å²) in [5.41, 5.74) is 0.759. The maximum Gasteiger partial charge on any atom is 0.185 e. The van der Waals surface area contributed by atoms with Crippen molar-refractivity contribution in [2.75, 3.05) is 13.6 Å². The first kappa shape index (κ1) is 16.6. The molecule has 0 heterocycles. The molecule has 0 amide bonds. The summed E-state index contributed by atoms with van der Waals surface area (Å²) < 4.78 is 0. The second kappa shape index (κ2) is 9.49. The van der Waals surface area contributed by atoms with E-state index in [1.807, 2.05) is 36.4 Å². The van der Waals surface area contributed by atoms with Gasteiger partial charge in [0.2, 0.25) is 0 Å². The van der Waals surface area contributed by atoms with E-state index in [0.717, 1.165) is 18.5 Å². The van der Waals surface area contributed by atoms with Gasteiger partial charge >= 0.3 is 0 Å². The maximum absolute atomic E-state index is 11.9. The van der Waals surface area contributed by atoms with E-state index in [1.165, 1.54) is 19.3 Å². The van der Waals surface area contributed by atoms with Crippen LogP contribution in [-0.2, 0) is 0 Å². The molecule has 0 saturated carbocycles. The summed E-state index contributed by atoms with van der Waals surface area (Å²) in [6.07, 6.45) is 8.28. The predicted molar refractivity (Wildman–Crippen MR) is 86.1 cm³/mol. The predicted octanol–water partition coefficient (Wildman–Crippen LogP) is 4.33. The van der Waals surface area contributed by atoms with Crippen molar-refractivity contribution < 1.29 is 4.79 Å². The van der Waals surface area contributed by atoms with Crippen molar-refractivity contribution >= 4 is 5.78 Å². The van der Waals surface area contributed by atoms with Crippen LogP contribution in [0.1, 0.15) is 49.9 Å². The zero-order valence-corrected chi connectivity index (χ0v) is 13.0. The van der Waals surface area contributed by atoms with Gasteiger partial charge < -0.3 is 4.90 Å². The molecule has 1 unspecified atom stereocenters. The van der Waals surface area contributed by atoms with Crippen molar-refractivity contribution in [2.24, 2.45) is 0 Å². The van der Waals surface area contributed by atoms with Gasteiger partial charge in [-0.1, -0.05) is 56.7 Å². The summed E-state index contributed by atoms with van der Waals surface area (Å²) in [5, 5.41) is 0. The normalized spacial score (nSPS) is 13.0. The molecular formula is C18H27NO. The quantitative estimate of drug-likeness (QED) is 0.493. The minimum Gasteiger partial charge on any atom is -0.303 e. The van der Waals surface area contributed by atoms with Crippen LogP contribution in [0.2, 0.25) is 0 Å². The molecular weight excluding hydrogens is 246 g/mol. The second-order valence-corrected chi connectivity index (χ2v) is 5.25. The minimum atomic E-state index is 0.0915. The molecule has 2 heteroatoms. The monoisotopic (exact) mass is 273 g/mol. The summed E-state index contributed by atoms with van der Waals surface area (Å²) >= 11 is 0. The number of ketones is 1. The van der Waals surface area contributed by atoms with Gasteiger partial charge in [0.1, 0.15) is 0 Å². The smallest absolute Gasteiger partial charge is 0.185 e. The fraction of sp³-hybridized carbons (Fsp3) is 0.500. The van der Waals surface area contributed by atoms with Crippen molar-refractivity contribution in [3.8, 4) is 0 Å². The van der Waals surface area contributed by atoms with Gasteiger partial charge in [0.15, 0.2) is 5.78 Å². The fourth-order valence-corrected chi connectivity index (χ4v) is 2.42. The van der Waals surface area contributed by atoms with Crippen molar-refractivity contribution in [1.29, 1.82) is 0 Å². The topological polar surface area (TPSA) is 20.3 Å². The van der Waals surface area contributed by atoms with Crippen molar-refractivity contribution in [1.82, 2.24) is 4.90 Å². The number of hydrogen-bond acceptors (Lipinski definition) is 2. The molecule has 2 nitrogen and oxygen atoms in total. The van der Waals surface area contributed by atoms with E-state index in [0.29, 0.717) is 6.04 Å². The molecule has 1 aromatic rings. The number of rotatable bonds is 9. The Morgan fingerprint density at radius 3 is 2.55 bits per heavy atom. The summed E-state index contributed by atoms with van der Waals surface area (Å²) in [6, 6.07) is 10.1. The lowest BCUT2D eigenvalue weighted by Gasteiger charge is -2.26. The first-order valence-corrected chi connectivity index (χ1v) is 7.65. The molecule has 0 spiro atoms. The second-order valence-electron chi connectivity index (χ2n) is 5.25. The standard InChI is InChI=1S/C18H27NO/c1-4-11-17(5-2)19(3)15-10-9-14-18(20)16-12-7-6-8-13-16/h6-9,12-14,17H,4-5,10-11,15H2,1-3H3/b14-9+. The number of carbonyl (C=O) groups is 1. The van der Waals surface area contributed by atoms with Crippen LogP contribution in [0.5, 0.6) is 0 Å². The number of carbonyl (C=O) groups excluding carboxylic acids is 1. The average molecular weight is 273 g/mol. The van der Waals surface area contributed by atoms with Crippen molar-refractivity contribution in [3.63, 3.8) is 0 Å². The highest BCUT2D eigenvalue weighted by atomic mass is 16.1. The highest BCUT2D eigenvalue weighted by molar-refractivity contribution is 6.04. The van der Waals surface area contributed by atoms with Gasteiger partial charge in [-0.2, -0.15) is 0 Å². The first-order chi connectivity index (χ1) is 9.69. The van der Waals surface area contributed by atoms with Gasteiger partial charge in [-0.3, -0.25) is 4.79 Å². The van der Waals surface area contributed by atoms with Crippen molar-refractivity contribution in [2.45, 2.75) is 45.6 Å². The highest BCUT2D eigenvalue weighted by Gasteiger charge is 2.10. The molecule has 20 heavy (non-hydrogen) atoms. The Labute approximate surface area is 123 Å². The Balaban J connectivity index is 2.36. The number of benzene rings is 1. The Morgan fingerprint density at radius 2 is 1.95 bits per heavy atom. The van der Waals surface area contributed by atoms with Gasteiger partial charge in [-0.15, -0.1) is 0 Å². The van der Waals surface area contributed by atoms with E-state index in [4.69, 9.17) is 0 Å². The zero-order valence-electron chi connectivity index (χ0n) is 13.0. The molecule has 1 atom stereocenters. The van der Waals surface area contributed by atoms with Gasteiger partial charge in [-0.05, 0) is 32.4 Å². The van der Waals surface area contributed by atoms with E-state index in [1.54, 1.807) is 6.08 Å². The largest absolute Gasteiger partial charge is 0.303 e. The third-order valence-corrected chi connectivity index (χ3v) is 3.69. The van der Waals surface area contributed by atoms with E-state index < -0.39 is 0 Å². The lowest BCUT2D eigenvalue weighted by atomic mass is 10.1. The summed E-state index contributed by atoms with van der Waals surface area (Å²) in [4.78, 5) is 14.3. The van der Waals surface area contributed by atoms with E-state index in [2.05, 4.69) is 25.8 Å². The molecule has 0 aliphatic heterocycles. The Kier molecular flexibility index (Phi) is 7.89. The lowest BCUT2D eigenvalue weighted by Crippen LogP contribution is -2.31. The maximum atomic E-state index is 11.9. The van der Waals surface area contributed by atoms with Gasteiger partial charge in [-0.25, -0.2) is 0 Å². The summed E-state index contributed by atoms with van der Waals surface area (Å²) in [6.45, 7) is 5.48. The molecule has 0 fully saturated rings. The Hall–Kier alpha value is -1.41.